The standard InChI is InChI=1S/C17H21NO4S2/c1-2-13-23(19,20)18-14-17(15-9-5-3-6-10-15)24(21,22)16-11-7-4-8-12-16/h3-12,17-18H,2,13-14H2,1H3/t17-/m0/s1. The Bertz CT molecular complexity index is 848. The molecule has 0 saturated carbocycles. The van der Waals surface area contributed by atoms with Crippen molar-refractivity contribution >= 4 is 19.9 Å². The highest BCUT2D eigenvalue weighted by Gasteiger charge is 2.30. The average molecular weight is 367 g/mol. The quantitative estimate of drug-likeness (QED) is 0.777. The van der Waals surface area contributed by atoms with Crippen molar-refractivity contribution < 1.29 is 16.8 Å². The van der Waals surface area contributed by atoms with Gasteiger partial charge in [0, 0.05) is 6.54 Å². The normalized spacial score (nSPS) is 13.5. The molecule has 5 nitrogen and oxygen atoms in total. The predicted octanol–water partition coefficient (Wildman–Crippen LogP) is 2.53. The van der Waals surface area contributed by atoms with Crippen molar-refractivity contribution in [2.24, 2.45) is 0 Å². The molecule has 2 aromatic rings. The second-order valence-corrected chi connectivity index (χ2v) is 9.48. The molecular formula is C17H21NO4S2. The van der Waals surface area contributed by atoms with Crippen molar-refractivity contribution in [1.29, 1.82) is 0 Å². The van der Waals surface area contributed by atoms with E-state index in [0.29, 0.717) is 12.0 Å². The van der Waals surface area contributed by atoms with Gasteiger partial charge in [0.1, 0.15) is 5.25 Å². The van der Waals surface area contributed by atoms with Gasteiger partial charge >= 0.3 is 0 Å². The maximum Gasteiger partial charge on any atom is 0.211 e. The molecule has 0 radical (unpaired) electrons. The summed E-state index contributed by atoms with van der Waals surface area (Å²) < 4.78 is 52.2. The Morgan fingerprint density at radius 3 is 1.96 bits per heavy atom. The smallest absolute Gasteiger partial charge is 0.211 e. The summed E-state index contributed by atoms with van der Waals surface area (Å²) >= 11 is 0. The van der Waals surface area contributed by atoms with E-state index in [0.717, 1.165) is 0 Å². The molecule has 0 aliphatic rings. The Labute approximate surface area is 143 Å². The van der Waals surface area contributed by atoms with Crippen molar-refractivity contribution in [2.45, 2.75) is 23.5 Å². The number of benzene rings is 2. The third-order valence-corrected chi connectivity index (χ3v) is 7.25. The van der Waals surface area contributed by atoms with Crippen LogP contribution in [-0.2, 0) is 19.9 Å². The summed E-state index contributed by atoms with van der Waals surface area (Å²) in [4.78, 5) is 0.175. The predicted molar refractivity (Wildman–Crippen MR) is 94.9 cm³/mol. The molecule has 0 bridgehead atoms. The van der Waals surface area contributed by atoms with Crippen LogP contribution in [0.2, 0.25) is 0 Å². The van der Waals surface area contributed by atoms with Crippen molar-refractivity contribution in [3.8, 4) is 0 Å². The molecule has 0 spiro atoms. The molecule has 0 amide bonds. The number of sulfonamides is 1. The largest absolute Gasteiger partial charge is 0.223 e. The number of rotatable bonds is 8. The first-order valence-electron chi connectivity index (χ1n) is 7.68. The summed E-state index contributed by atoms with van der Waals surface area (Å²) in [5.41, 5.74) is 0.556. The summed E-state index contributed by atoms with van der Waals surface area (Å²) in [6.45, 7) is 1.57. The highest BCUT2D eigenvalue weighted by molar-refractivity contribution is 7.92. The second-order valence-electron chi connectivity index (χ2n) is 5.42. The molecule has 24 heavy (non-hydrogen) atoms. The molecule has 0 aromatic heterocycles. The van der Waals surface area contributed by atoms with E-state index < -0.39 is 25.1 Å². The SMILES string of the molecule is CCCS(=O)(=O)NC[C@@H](c1ccccc1)S(=O)(=O)c1ccccc1. The summed E-state index contributed by atoms with van der Waals surface area (Å²) in [7, 11) is -7.21. The second kappa shape index (κ2) is 7.92. The van der Waals surface area contributed by atoms with Crippen molar-refractivity contribution in [3.63, 3.8) is 0 Å². The van der Waals surface area contributed by atoms with E-state index in [-0.39, 0.29) is 17.2 Å². The van der Waals surface area contributed by atoms with Crippen LogP contribution in [0.4, 0.5) is 0 Å². The Balaban J connectivity index is 2.38. The fourth-order valence-corrected chi connectivity index (χ4v) is 5.28. The first-order valence-corrected chi connectivity index (χ1v) is 10.9. The van der Waals surface area contributed by atoms with Crippen LogP contribution in [-0.4, -0.2) is 29.1 Å². The van der Waals surface area contributed by atoms with Gasteiger partial charge in [-0.2, -0.15) is 0 Å². The number of nitrogens with one attached hydrogen (secondary N) is 1. The van der Waals surface area contributed by atoms with Crippen LogP contribution < -0.4 is 4.72 Å². The van der Waals surface area contributed by atoms with E-state index in [2.05, 4.69) is 4.72 Å². The van der Waals surface area contributed by atoms with E-state index >= 15 is 0 Å². The zero-order chi connectivity index (χ0) is 17.6. The van der Waals surface area contributed by atoms with Gasteiger partial charge in [-0.3, -0.25) is 0 Å². The van der Waals surface area contributed by atoms with Crippen molar-refractivity contribution in [2.75, 3.05) is 12.3 Å². The van der Waals surface area contributed by atoms with Crippen molar-refractivity contribution in [1.82, 2.24) is 4.72 Å². The van der Waals surface area contributed by atoms with Gasteiger partial charge in [-0.15, -0.1) is 0 Å². The van der Waals surface area contributed by atoms with Crippen LogP contribution in [0.5, 0.6) is 0 Å². The van der Waals surface area contributed by atoms with Gasteiger partial charge < -0.3 is 0 Å². The first kappa shape index (κ1) is 18.6. The Hall–Kier alpha value is -1.70. The summed E-state index contributed by atoms with van der Waals surface area (Å²) in [6.07, 6.45) is 0.469. The third kappa shape index (κ3) is 4.66. The van der Waals surface area contributed by atoms with Crippen LogP contribution in [0.1, 0.15) is 24.2 Å². The number of sulfone groups is 1. The minimum absolute atomic E-state index is 0.0279. The minimum atomic E-state index is -3.72. The third-order valence-electron chi connectivity index (χ3n) is 3.58. The molecule has 0 aliphatic heterocycles. The Kier molecular flexibility index (Phi) is 6.15. The lowest BCUT2D eigenvalue weighted by Gasteiger charge is -2.19. The van der Waals surface area contributed by atoms with E-state index in [1.54, 1.807) is 55.5 Å². The minimum Gasteiger partial charge on any atom is -0.223 e. The van der Waals surface area contributed by atoms with Crippen molar-refractivity contribution in [3.05, 3.63) is 66.2 Å². The van der Waals surface area contributed by atoms with Gasteiger partial charge in [-0.25, -0.2) is 21.6 Å². The van der Waals surface area contributed by atoms with Gasteiger partial charge in [0.05, 0.1) is 10.6 Å². The van der Waals surface area contributed by atoms with Gasteiger partial charge in [0.2, 0.25) is 10.0 Å². The lowest BCUT2D eigenvalue weighted by atomic mass is 10.1. The molecule has 2 rings (SSSR count). The average Bonchev–Trinajstić information content (AvgIpc) is 2.56. The van der Waals surface area contributed by atoms with E-state index in [1.165, 1.54) is 12.1 Å². The van der Waals surface area contributed by atoms with Gasteiger partial charge in [0.15, 0.2) is 9.84 Å². The Morgan fingerprint density at radius 1 is 0.875 bits per heavy atom. The van der Waals surface area contributed by atoms with Gasteiger partial charge in [-0.1, -0.05) is 55.5 Å². The van der Waals surface area contributed by atoms with Crippen LogP contribution in [0, 0.1) is 0 Å². The molecular weight excluding hydrogens is 346 g/mol. The van der Waals surface area contributed by atoms with Crippen LogP contribution in [0.25, 0.3) is 0 Å². The molecule has 1 N–H and O–H groups in total. The maximum absolute atomic E-state index is 13.0. The highest BCUT2D eigenvalue weighted by Crippen LogP contribution is 2.28. The van der Waals surface area contributed by atoms with Crippen LogP contribution >= 0.6 is 0 Å². The highest BCUT2D eigenvalue weighted by atomic mass is 32.2. The lowest BCUT2D eigenvalue weighted by molar-refractivity contribution is 0.568. The van der Waals surface area contributed by atoms with E-state index in [1.807, 2.05) is 0 Å². The maximum atomic E-state index is 13.0. The van der Waals surface area contributed by atoms with E-state index in [9.17, 15) is 16.8 Å². The molecule has 0 aliphatic carbocycles. The topological polar surface area (TPSA) is 80.3 Å². The molecule has 0 unspecified atom stereocenters. The van der Waals surface area contributed by atoms with Crippen LogP contribution in [0.15, 0.2) is 65.6 Å². The molecule has 2 aromatic carbocycles. The zero-order valence-corrected chi connectivity index (χ0v) is 15.1. The number of hydrogen-bond donors (Lipinski definition) is 1. The molecule has 1 atom stereocenters. The molecule has 130 valence electrons. The van der Waals surface area contributed by atoms with Gasteiger partial charge in [0.25, 0.3) is 0 Å². The van der Waals surface area contributed by atoms with Crippen LogP contribution in [0.3, 0.4) is 0 Å². The molecule has 0 fully saturated rings. The molecule has 0 saturated heterocycles. The number of hydrogen-bond acceptors (Lipinski definition) is 4. The molecule has 0 heterocycles. The Morgan fingerprint density at radius 2 is 1.42 bits per heavy atom. The monoisotopic (exact) mass is 367 g/mol. The molecule has 7 heteroatoms. The zero-order valence-electron chi connectivity index (χ0n) is 13.4. The fourth-order valence-electron chi connectivity index (χ4n) is 2.39. The summed E-state index contributed by atoms with van der Waals surface area (Å²) in [6, 6.07) is 16.7. The van der Waals surface area contributed by atoms with E-state index in [4.69, 9.17) is 0 Å². The summed E-state index contributed by atoms with van der Waals surface area (Å²) in [5, 5.41) is -0.979. The summed E-state index contributed by atoms with van der Waals surface area (Å²) in [5.74, 6) is -0.0279. The first-order chi connectivity index (χ1) is 11.4. The lowest BCUT2D eigenvalue weighted by Crippen LogP contribution is -2.33. The fraction of sp³-hybridized carbons (Fsp3) is 0.294. The van der Waals surface area contributed by atoms with Gasteiger partial charge in [-0.05, 0) is 24.1 Å².